The monoisotopic (exact) mass is 376 g/mol. The molecule has 0 spiro atoms. The van der Waals surface area contributed by atoms with Crippen molar-refractivity contribution in [3.8, 4) is 5.69 Å². The Morgan fingerprint density at radius 2 is 2.04 bits per heavy atom. The summed E-state index contributed by atoms with van der Waals surface area (Å²) in [5.74, 6) is -0.221. The summed E-state index contributed by atoms with van der Waals surface area (Å²) in [6.45, 7) is 2.82. The number of likely N-dealkylation sites (N-methyl/N-ethyl adjacent to an activating group) is 2. The van der Waals surface area contributed by atoms with Crippen LogP contribution in [0.2, 0.25) is 0 Å². The van der Waals surface area contributed by atoms with Crippen LogP contribution < -0.4 is 5.32 Å². The number of hydrogen-bond acceptors (Lipinski definition) is 3. The second-order valence-corrected chi connectivity index (χ2v) is 5.43. The van der Waals surface area contributed by atoms with E-state index in [1.54, 1.807) is 21.0 Å². The molecule has 25 heavy (non-hydrogen) atoms. The van der Waals surface area contributed by atoms with Crippen molar-refractivity contribution in [2.75, 3.05) is 27.2 Å². The number of hydrogen-bond donors (Lipinski definition) is 1. The van der Waals surface area contributed by atoms with Gasteiger partial charge < -0.3 is 10.2 Å². The van der Waals surface area contributed by atoms with Crippen molar-refractivity contribution >= 4 is 18.3 Å². The van der Waals surface area contributed by atoms with Crippen LogP contribution in [0.15, 0.2) is 30.5 Å². The third-order valence-electron chi connectivity index (χ3n) is 3.70. The Balaban J connectivity index is 0.00000312. The maximum absolute atomic E-state index is 12.8. The Hall–Kier alpha value is -2.06. The highest BCUT2D eigenvalue weighted by Crippen LogP contribution is 2.30. The summed E-state index contributed by atoms with van der Waals surface area (Å²) in [5.41, 5.74) is 0.370. The number of carbonyl (C=O) groups is 1. The van der Waals surface area contributed by atoms with Gasteiger partial charge in [0, 0.05) is 20.1 Å². The number of carbonyl (C=O) groups excluding carboxylic acids is 1. The van der Waals surface area contributed by atoms with E-state index in [4.69, 9.17) is 0 Å². The molecule has 0 aliphatic rings. The largest absolute Gasteiger partial charge is 0.416 e. The van der Waals surface area contributed by atoms with Crippen LogP contribution in [0, 0.1) is 6.92 Å². The molecule has 1 aromatic heterocycles. The van der Waals surface area contributed by atoms with Gasteiger partial charge in [-0.05, 0) is 32.2 Å². The minimum atomic E-state index is -4.43. The number of nitrogens with zero attached hydrogens (tertiary/aromatic N) is 3. The van der Waals surface area contributed by atoms with Crippen LogP contribution in [-0.4, -0.2) is 47.8 Å². The van der Waals surface area contributed by atoms with E-state index in [0.717, 1.165) is 12.1 Å². The molecule has 2 rings (SSSR count). The van der Waals surface area contributed by atoms with Gasteiger partial charge in [-0.15, -0.1) is 12.4 Å². The van der Waals surface area contributed by atoms with Gasteiger partial charge in [0.25, 0.3) is 5.91 Å². The zero-order valence-electron chi connectivity index (χ0n) is 14.1. The molecule has 1 N–H and O–H groups in total. The molecule has 2 aromatic rings. The molecule has 0 fully saturated rings. The summed E-state index contributed by atoms with van der Waals surface area (Å²) in [6, 6.07) is 4.85. The number of alkyl halides is 3. The Labute approximate surface area is 150 Å². The van der Waals surface area contributed by atoms with Crippen LogP contribution in [0.4, 0.5) is 13.2 Å². The highest BCUT2D eigenvalue weighted by atomic mass is 35.5. The van der Waals surface area contributed by atoms with Crippen LogP contribution in [0.25, 0.3) is 5.69 Å². The molecule has 0 atom stereocenters. The number of rotatable bonds is 5. The van der Waals surface area contributed by atoms with E-state index in [0.29, 0.717) is 24.3 Å². The third-order valence-corrected chi connectivity index (χ3v) is 3.70. The van der Waals surface area contributed by atoms with E-state index in [2.05, 4.69) is 10.4 Å². The lowest BCUT2D eigenvalue weighted by Gasteiger charge is -2.16. The van der Waals surface area contributed by atoms with Crippen LogP contribution in [0.5, 0.6) is 0 Å². The molecule has 9 heteroatoms. The van der Waals surface area contributed by atoms with Gasteiger partial charge in [-0.25, -0.2) is 4.68 Å². The molecule has 1 amide bonds. The van der Waals surface area contributed by atoms with Gasteiger partial charge in [-0.1, -0.05) is 6.07 Å². The second-order valence-electron chi connectivity index (χ2n) is 5.43. The van der Waals surface area contributed by atoms with Gasteiger partial charge in [-0.3, -0.25) is 4.79 Å². The maximum atomic E-state index is 12.8. The first-order valence-corrected chi connectivity index (χ1v) is 7.38. The van der Waals surface area contributed by atoms with Crippen molar-refractivity contribution in [3.05, 3.63) is 47.3 Å². The van der Waals surface area contributed by atoms with Crippen molar-refractivity contribution < 1.29 is 18.0 Å². The predicted molar refractivity (Wildman–Crippen MR) is 91.4 cm³/mol. The van der Waals surface area contributed by atoms with E-state index in [9.17, 15) is 18.0 Å². The summed E-state index contributed by atoms with van der Waals surface area (Å²) in [6.07, 6.45) is -3.04. The Morgan fingerprint density at radius 1 is 1.36 bits per heavy atom. The van der Waals surface area contributed by atoms with E-state index >= 15 is 0 Å². The molecular weight excluding hydrogens is 357 g/mol. The van der Waals surface area contributed by atoms with E-state index < -0.39 is 11.7 Å². The Bertz CT molecular complexity index is 730. The smallest absolute Gasteiger partial charge is 0.340 e. The van der Waals surface area contributed by atoms with Crippen molar-refractivity contribution in [1.29, 1.82) is 0 Å². The van der Waals surface area contributed by atoms with Crippen molar-refractivity contribution in [2.24, 2.45) is 0 Å². The molecule has 0 unspecified atom stereocenters. The zero-order valence-corrected chi connectivity index (χ0v) is 14.9. The zero-order chi connectivity index (χ0) is 17.9. The fourth-order valence-electron chi connectivity index (χ4n) is 2.28. The third kappa shape index (κ3) is 4.73. The fourth-order valence-corrected chi connectivity index (χ4v) is 2.28. The molecule has 0 aliphatic heterocycles. The molecule has 0 saturated heterocycles. The topological polar surface area (TPSA) is 50.2 Å². The quantitative estimate of drug-likeness (QED) is 0.873. The van der Waals surface area contributed by atoms with E-state index in [1.807, 2.05) is 0 Å². The van der Waals surface area contributed by atoms with Crippen LogP contribution in [0.3, 0.4) is 0 Å². The molecular formula is C16H20ClF3N4O. The standard InChI is InChI=1S/C16H19F3N4O.ClH/c1-11-14(15(24)22(3)8-7-20-2)10-21-23(11)13-6-4-5-12(9-13)16(17,18)19;/h4-6,9-10,20H,7-8H2,1-3H3;1H. The summed E-state index contributed by atoms with van der Waals surface area (Å²) in [4.78, 5) is 13.9. The minimum Gasteiger partial charge on any atom is -0.340 e. The van der Waals surface area contributed by atoms with Crippen molar-refractivity contribution in [3.63, 3.8) is 0 Å². The number of amides is 1. The van der Waals surface area contributed by atoms with Crippen LogP contribution in [-0.2, 0) is 6.18 Å². The molecule has 138 valence electrons. The number of nitrogens with one attached hydrogen (secondary N) is 1. The van der Waals surface area contributed by atoms with Gasteiger partial charge in [0.05, 0.1) is 28.7 Å². The van der Waals surface area contributed by atoms with Gasteiger partial charge >= 0.3 is 6.18 Å². The normalized spacial score (nSPS) is 11.1. The summed E-state index contributed by atoms with van der Waals surface area (Å²) >= 11 is 0. The first-order chi connectivity index (χ1) is 11.3. The summed E-state index contributed by atoms with van der Waals surface area (Å²) in [7, 11) is 3.45. The molecule has 1 heterocycles. The summed E-state index contributed by atoms with van der Waals surface area (Å²) < 4.78 is 39.9. The first kappa shape index (κ1) is 21.0. The van der Waals surface area contributed by atoms with Crippen LogP contribution in [0.1, 0.15) is 21.6 Å². The second kappa shape index (κ2) is 8.35. The Morgan fingerprint density at radius 3 is 2.64 bits per heavy atom. The highest BCUT2D eigenvalue weighted by Gasteiger charge is 2.30. The van der Waals surface area contributed by atoms with Gasteiger partial charge in [0.1, 0.15) is 0 Å². The number of aromatic nitrogens is 2. The van der Waals surface area contributed by atoms with Crippen molar-refractivity contribution in [1.82, 2.24) is 20.0 Å². The molecule has 0 radical (unpaired) electrons. The average molecular weight is 377 g/mol. The molecule has 0 aliphatic carbocycles. The number of halogens is 4. The molecule has 1 aromatic carbocycles. The molecule has 0 saturated carbocycles. The van der Waals surface area contributed by atoms with E-state index in [1.165, 1.54) is 27.9 Å². The predicted octanol–water partition coefficient (Wildman–Crippen LogP) is 2.91. The minimum absolute atomic E-state index is 0. The van der Waals surface area contributed by atoms with Gasteiger partial charge in [0.15, 0.2) is 0 Å². The number of benzene rings is 1. The molecule has 5 nitrogen and oxygen atoms in total. The van der Waals surface area contributed by atoms with Crippen LogP contribution >= 0.6 is 12.4 Å². The van der Waals surface area contributed by atoms with Gasteiger partial charge in [0.2, 0.25) is 0 Å². The SMILES string of the molecule is CNCCN(C)C(=O)c1cnn(-c2cccc(C(F)(F)F)c2)c1C.Cl. The average Bonchev–Trinajstić information content (AvgIpc) is 2.92. The summed E-state index contributed by atoms with van der Waals surface area (Å²) in [5, 5.41) is 7.03. The Kier molecular flexibility index (Phi) is 7.01. The van der Waals surface area contributed by atoms with Crippen molar-refractivity contribution in [2.45, 2.75) is 13.1 Å². The lowest BCUT2D eigenvalue weighted by atomic mass is 10.2. The highest BCUT2D eigenvalue weighted by molar-refractivity contribution is 5.95. The molecule has 0 bridgehead atoms. The lowest BCUT2D eigenvalue weighted by Crippen LogP contribution is -2.33. The van der Waals surface area contributed by atoms with E-state index in [-0.39, 0.29) is 24.0 Å². The first-order valence-electron chi connectivity index (χ1n) is 7.38. The van der Waals surface area contributed by atoms with Gasteiger partial charge in [-0.2, -0.15) is 18.3 Å². The maximum Gasteiger partial charge on any atom is 0.416 e. The lowest BCUT2D eigenvalue weighted by molar-refractivity contribution is -0.137. The fraction of sp³-hybridized carbons (Fsp3) is 0.375.